The minimum Gasteiger partial charge on any atom is -0.497 e. The van der Waals surface area contributed by atoms with Gasteiger partial charge in [-0.3, -0.25) is 0 Å². The lowest BCUT2D eigenvalue weighted by Crippen LogP contribution is -2.28. The van der Waals surface area contributed by atoms with E-state index in [0.29, 0.717) is 6.04 Å². The molecule has 1 atom stereocenters. The number of hydrogen-bond acceptors (Lipinski definition) is 2. The molecule has 2 aromatic rings. The molecule has 0 spiro atoms. The van der Waals surface area contributed by atoms with Crippen LogP contribution < -0.4 is 10.1 Å². The Bertz CT molecular complexity index is 536. The molecule has 0 aliphatic carbocycles. The lowest BCUT2D eigenvalue weighted by Gasteiger charge is -2.26. The van der Waals surface area contributed by atoms with Crippen LogP contribution in [0.1, 0.15) is 22.7 Å². The van der Waals surface area contributed by atoms with E-state index in [1.54, 1.807) is 7.11 Å². The average molecular weight is 239 g/mol. The molecule has 2 nitrogen and oxygen atoms in total. The van der Waals surface area contributed by atoms with Gasteiger partial charge in [0.25, 0.3) is 0 Å². The van der Waals surface area contributed by atoms with Crippen LogP contribution in [0.5, 0.6) is 5.75 Å². The fourth-order valence-electron chi connectivity index (χ4n) is 2.54. The molecule has 0 amide bonds. The first-order chi connectivity index (χ1) is 8.86. The highest BCUT2D eigenvalue weighted by molar-refractivity contribution is 5.38. The average Bonchev–Trinajstić information content (AvgIpc) is 2.47. The quantitative estimate of drug-likeness (QED) is 0.869. The highest BCUT2D eigenvalue weighted by Crippen LogP contribution is 2.28. The summed E-state index contributed by atoms with van der Waals surface area (Å²) in [6.07, 6.45) is 1.04. The zero-order chi connectivity index (χ0) is 12.4. The van der Waals surface area contributed by atoms with Gasteiger partial charge in [-0.1, -0.05) is 36.4 Å². The van der Waals surface area contributed by atoms with Gasteiger partial charge in [0, 0.05) is 12.6 Å². The minimum absolute atomic E-state index is 0.423. The first-order valence-corrected chi connectivity index (χ1v) is 6.31. The van der Waals surface area contributed by atoms with Gasteiger partial charge < -0.3 is 10.1 Å². The van der Waals surface area contributed by atoms with E-state index in [4.69, 9.17) is 4.74 Å². The first-order valence-electron chi connectivity index (χ1n) is 6.31. The number of nitrogens with one attached hydrogen (secondary N) is 1. The minimum atomic E-state index is 0.423. The van der Waals surface area contributed by atoms with E-state index in [1.165, 1.54) is 16.7 Å². The van der Waals surface area contributed by atoms with E-state index in [-0.39, 0.29) is 0 Å². The van der Waals surface area contributed by atoms with Crippen LogP contribution in [0.25, 0.3) is 0 Å². The first kappa shape index (κ1) is 11.3. The van der Waals surface area contributed by atoms with Gasteiger partial charge in [0.05, 0.1) is 7.11 Å². The Hall–Kier alpha value is -1.80. The van der Waals surface area contributed by atoms with Crippen LogP contribution in [0.2, 0.25) is 0 Å². The molecule has 1 aliphatic rings. The third-order valence-electron chi connectivity index (χ3n) is 3.58. The van der Waals surface area contributed by atoms with Gasteiger partial charge in [-0.2, -0.15) is 0 Å². The van der Waals surface area contributed by atoms with Gasteiger partial charge in [-0.15, -0.1) is 0 Å². The highest BCUT2D eigenvalue weighted by Gasteiger charge is 2.19. The Balaban J connectivity index is 1.85. The van der Waals surface area contributed by atoms with E-state index < -0.39 is 0 Å². The second kappa shape index (κ2) is 4.83. The Morgan fingerprint density at radius 1 is 1.06 bits per heavy atom. The molecule has 0 saturated heterocycles. The van der Waals surface area contributed by atoms with Crippen LogP contribution in [0.4, 0.5) is 0 Å². The van der Waals surface area contributed by atoms with Crippen molar-refractivity contribution < 1.29 is 4.74 Å². The van der Waals surface area contributed by atoms with Gasteiger partial charge >= 0.3 is 0 Å². The molecule has 1 aliphatic heterocycles. The maximum atomic E-state index is 5.26. The second-order valence-corrected chi connectivity index (χ2v) is 4.68. The fourth-order valence-corrected chi connectivity index (χ4v) is 2.54. The van der Waals surface area contributed by atoms with Crippen LogP contribution in [0.3, 0.4) is 0 Å². The van der Waals surface area contributed by atoms with Crippen molar-refractivity contribution in [3.8, 4) is 5.75 Å². The molecule has 18 heavy (non-hydrogen) atoms. The van der Waals surface area contributed by atoms with E-state index in [1.807, 2.05) is 6.07 Å². The number of methoxy groups -OCH3 is 1. The van der Waals surface area contributed by atoms with Crippen molar-refractivity contribution in [2.45, 2.75) is 19.0 Å². The molecule has 92 valence electrons. The Morgan fingerprint density at radius 3 is 2.67 bits per heavy atom. The Labute approximate surface area is 108 Å². The molecule has 0 aromatic heterocycles. The van der Waals surface area contributed by atoms with Crippen LogP contribution in [-0.4, -0.2) is 7.11 Å². The molecular weight excluding hydrogens is 222 g/mol. The van der Waals surface area contributed by atoms with Crippen LogP contribution in [0, 0.1) is 0 Å². The molecular formula is C16H17NO. The lowest BCUT2D eigenvalue weighted by atomic mass is 9.91. The maximum absolute atomic E-state index is 5.26. The predicted molar refractivity (Wildman–Crippen MR) is 72.7 cm³/mol. The lowest BCUT2D eigenvalue weighted by molar-refractivity contribution is 0.412. The Kier molecular flexibility index (Phi) is 3.03. The molecule has 3 rings (SSSR count). The molecule has 1 unspecified atom stereocenters. The summed E-state index contributed by atoms with van der Waals surface area (Å²) in [4.78, 5) is 0. The molecule has 2 aromatic carbocycles. The molecule has 1 N–H and O–H groups in total. The largest absolute Gasteiger partial charge is 0.497 e. The molecule has 0 radical (unpaired) electrons. The summed E-state index contributed by atoms with van der Waals surface area (Å²) >= 11 is 0. The van der Waals surface area contributed by atoms with Crippen LogP contribution in [-0.2, 0) is 13.0 Å². The topological polar surface area (TPSA) is 21.3 Å². The zero-order valence-electron chi connectivity index (χ0n) is 10.5. The SMILES string of the molecule is COc1ccc2c(c1)CNC(c1ccccc1)C2. The van der Waals surface area contributed by atoms with Crippen molar-refractivity contribution in [3.63, 3.8) is 0 Å². The molecule has 1 heterocycles. The van der Waals surface area contributed by atoms with E-state index >= 15 is 0 Å². The van der Waals surface area contributed by atoms with Gasteiger partial charge in [0.2, 0.25) is 0 Å². The number of ether oxygens (including phenoxy) is 1. The summed E-state index contributed by atoms with van der Waals surface area (Å²) < 4.78 is 5.26. The second-order valence-electron chi connectivity index (χ2n) is 4.68. The van der Waals surface area contributed by atoms with Crippen molar-refractivity contribution in [1.82, 2.24) is 5.32 Å². The summed E-state index contributed by atoms with van der Waals surface area (Å²) in [6.45, 7) is 0.909. The highest BCUT2D eigenvalue weighted by atomic mass is 16.5. The summed E-state index contributed by atoms with van der Waals surface area (Å²) in [5, 5.41) is 3.59. The molecule has 0 saturated carbocycles. The van der Waals surface area contributed by atoms with Gasteiger partial charge in [0.1, 0.15) is 5.75 Å². The van der Waals surface area contributed by atoms with Gasteiger partial charge in [0.15, 0.2) is 0 Å². The van der Waals surface area contributed by atoms with Crippen molar-refractivity contribution in [1.29, 1.82) is 0 Å². The number of fused-ring (bicyclic) bond motifs is 1. The van der Waals surface area contributed by atoms with E-state index in [9.17, 15) is 0 Å². The standard InChI is InChI=1S/C16H17NO/c1-18-15-8-7-13-10-16(17-11-14(13)9-15)12-5-3-2-4-6-12/h2-9,16-17H,10-11H2,1H3. The molecule has 0 fully saturated rings. The third-order valence-corrected chi connectivity index (χ3v) is 3.58. The zero-order valence-corrected chi connectivity index (χ0v) is 10.5. The molecule has 2 heteroatoms. The number of rotatable bonds is 2. The third kappa shape index (κ3) is 2.12. The monoisotopic (exact) mass is 239 g/mol. The van der Waals surface area contributed by atoms with Crippen molar-refractivity contribution in [2.24, 2.45) is 0 Å². The predicted octanol–water partition coefficient (Wildman–Crippen LogP) is 3.08. The van der Waals surface area contributed by atoms with Crippen molar-refractivity contribution in [2.75, 3.05) is 7.11 Å². The summed E-state index contributed by atoms with van der Waals surface area (Å²) in [6, 6.07) is 17.4. The summed E-state index contributed by atoms with van der Waals surface area (Å²) in [5.74, 6) is 0.939. The van der Waals surface area contributed by atoms with Crippen LogP contribution >= 0.6 is 0 Å². The normalized spacial score (nSPS) is 18.2. The van der Waals surface area contributed by atoms with E-state index in [2.05, 4.69) is 47.8 Å². The maximum Gasteiger partial charge on any atom is 0.119 e. The summed E-state index contributed by atoms with van der Waals surface area (Å²) in [7, 11) is 1.71. The van der Waals surface area contributed by atoms with E-state index in [0.717, 1.165) is 18.7 Å². The van der Waals surface area contributed by atoms with Gasteiger partial charge in [-0.05, 0) is 35.2 Å². The molecule has 0 bridgehead atoms. The smallest absolute Gasteiger partial charge is 0.119 e. The number of hydrogen-bond donors (Lipinski definition) is 1. The van der Waals surface area contributed by atoms with Gasteiger partial charge in [-0.25, -0.2) is 0 Å². The summed E-state index contributed by atoms with van der Waals surface area (Å²) in [5.41, 5.74) is 4.13. The van der Waals surface area contributed by atoms with Crippen molar-refractivity contribution in [3.05, 3.63) is 65.2 Å². The number of benzene rings is 2. The Morgan fingerprint density at radius 2 is 1.89 bits per heavy atom. The fraction of sp³-hybridized carbons (Fsp3) is 0.250. The van der Waals surface area contributed by atoms with Crippen molar-refractivity contribution >= 4 is 0 Å². The van der Waals surface area contributed by atoms with Crippen LogP contribution in [0.15, 0.2) is 48.5 Å².